The highest BCUT2D eigenvalue weighted by Crippen LogP contribution is 2.32. The number of carbonyl (C=O) groups is 1. The first-order valence-corrected chi connectivity index (χ1v) is 7.91. The molecule has 2 unspecified atom stereocenters. The van der Waals surface area contributed by atoms with Crippen molar-refractivity contribution >= 4 is 27.3 Å². The van der Waals surface area contributed by atoms with Crippen LogP contribution in [0.3, 0.4) is 0 Å². The van der Waals surface area contributed by atoms with Gasteiger partial charge in [-0.05, 0) is 31.4 Å². The SMILES string of the molecule is Cc1ccc(S(=O)(=O)N2CCC(C)C2C(=O)O)s1. The van der Waals surface area contributed by atoms with Crippen LogP contribution in [0.2, 0.25) is 0 Å². The maximum absolute atomic E-state index is 12.4. The van der Waals surface area contributed by atoms with E-state index in [9.17, 15) is 13.2 Å². The second-order valence-electron chi connectivity index (χ2n) is 4.53. The number of hydrogen-bond donors (Lipinski definition) is 1. The summed E-state index contributed by atoms with van der Waals surface area (Å²) >= 11 is 1.17. The summed E-state index contributed by atoms with van der Waals surface area (Å²) in [5.41, 5.74) is 0. The van der Waals surface area contributed by atoms with E-state index in [1.54, 1.807) is 13.0 Å². The molecule has 0 amide bonds. The summed E-state index contributed by atoms with van der Waals surface area (Å²) in [6.07, 6.45) is 0.584. The Labute approximate surface area is 110 Å². The molecule has 1 aliphatic rings. The van der Waals surface area contributed by atoms with Crippen LogP contribution in [0.5, 0.6) is 0 Å². The van der Waals surface area contributed by atoms with Gasteiger partial charge in [-0.15, -0.1) is 11.3 Å². The molecule has 2 heterocycles. The molecule has 18 heavy (non-hydrogen) atoms. The molecule has 7 heteroatoms. The molecular weight excluding hydrogens is 274 g/mol. The second-order valence-corrected chi connectivity index (χ2v) is 7.94. The van der Waals surface area contributed by atoms with Gasteiger partial charge < -0.3 is 5.11 Å². The molecular formula is C11H15NO4S2. The number of aliphatic carboxylic acids is 1. The van der Waals surface area contributed by atoms with E-state index in [0.717, 1.165) is 9.18 Å². The first kappa shape index (κ1) is 13.5. The third-order valence-corrected chi connectivity index (χ3v) is 6.53. The van der Waals surface area contributed by atoms with Gasteiger partial charge in [0.1, 0.15) is 10.3 Å². The van der Waals surface area contributed by atoms with Crippen molar-refractivity contribution in [1.82, 2.24) is 4.31 Å². The van der Waals surface area contributed by atoms with E-state index in [-0.39, 0.29) is 16.7 Å². The Bertz CT molecular complexity index is 563. The summed E-state index contributed by atoms with van der Waals surface area (Å²) in [6.45, 7) is 3.87. The lowest BCUT2D eigenvalue weighted by Gasteiger charge is -2.21. The lowest BCUT2D eigenvalue weighted by Crippen LogP contribution is -2.42. The molecule has 0 aliphatic carbocycles. The van der Waals surface area contributed by atoms with E-state index in [0.29, 0.717) is 6.42 Å². The average Bonchev–Trinajstić information content (AvgIpc) is 2.84. The lowest BCUT2D eigenvalue weighted by atomic mass is 10.0. The average molecular weight is 289 g/mol. The minimum Gasteiger partial charge on any atom is -0.480 e. The summed E-state index contributed by atoms with van der Waals surface area (Å²) in [6, 6.07) is 2.32. The Balaban J connectivity index is 2.39. The Morgan fingerprint density at radius 1 is 1.50 bits per heavy atom. The van der Waals surface area contributed by atoms with Gasteiger partial charge in [-0.2, -0.15) is 4.31 Å². The van der Waals surface area contributed by atoms with Crippen molar-refractivity contribution in [3.63, 3.8) is 0 Å². The summed E-state index contributed by atoms with van der Waals surface area (Å²) in [4.78, 5) is 12.1. The monoisotopic (exact) mass is 289 g/mol. The van der Waals surface area contributed by atoms with Crippen LogP contribution in [0.25, 0.3) is 0 Å². The number of nitrogens with zero attached hydrogens (tertiary/aromatic N) is 1. The van der Waals surface area contributed by atoms with E-state index < -0.39 is 22.0 Å². The second kappa shape index (κ2) is 4.64. The van der Waals surface area contributed by atoms with Crippen molar-refractivity contribution < 1.29 is 18.3 Å². The maximum Gasteiger partial charge on any atom is 0.322 e. The summed E-state index contributed by atoms with van der Waals surface area (Å²) in [7, 11) is -3.67. The number of aryl methyl sites for hydroxylation is 1. The Hall–Kier alpha value is -0.920. The molecule has 1 aliphatic heterocycles. The molecule has 1 saturated heterocycles. The van der Waals surface area contributed by atoms with Crippen LogP contribution < -0.4 is 0 Å². The fraction of sp³-hybridized carbons (Fsp3) is 0.545. The number of thiophene rings is 1. The minimum atomic E-state index is -3.67. The largest absolute Gasteiger partial charge is 0.480 e. The smallest absolute Gasteiger partial charge is 0.322 e. The van der Waals surface area contributed by atoms with Crippen LogP contribution in [0.1, 0.15) is 18.2 Å². The predicted molar refractivity (Wildman–Crippen MR) is 68.2 cm³/mol. The molecule has 1 aromatic rings. The van der Waals surface area contributed by atoms with Crippen molar-refractivity contribution in [3.05, 3.63) is 17.0 Å². The number of rotatable bonds is 3. The highest BCUT2D eigenvalue weighted by atomic mass is 32.2. The predicted octanol–water partition coefficient (Wildman–Crippen LogP) is 1.54. The van der Waals surface area contributed by atoms with Crippen molar-refractivity contribution in [3.8, 4) is 0 Å². The standard InChI is InChI=1S/C11H15NO4S2/c1-7-5-6-12(10(7)11(13)14)18(15,16)9-4-3-8(2)17-9/h3-4,7,10H,5-6H2,1-2H3,(H,13,14). The quantitative estimate of drug-likeness (QED) is 0.916. The molecule has 0 radical (unpaired) electrons. The summed E-state index contributed by atoms with van der Waals surface area (Å²) in [5, 5.41) is 9.17. The Kier molecular flexibility index (Phi) is 3.48. The van der Waals surface area contributed by atoms with Gasteiger partial charge in [0.05, 0.1) is 0 Å². The highest BCUT2D eigenvalue weighted by Gasteiger charge is 2.44. The molecule has 5 nitrogen and oxygen atoms in total. The van der Waals surface area contributed by atoms with E-state index in [2.05, 4.69) is 0 Å². The molecule has 0 bridgehead atoms. The van der Waals surface area contributed by atoms with Gasteiger partial charge in [-0.25, -0.2) is 8.42 Å². The van der Waals surface area contributed by atoms with Gasteiger partial charge in [-0.1, -0.05) is 6.92 Å². The van der Waals surface area contributed by atoms with Gasteiger partial charge in [0.15, 0.2) is 0 Å². The van der Waals surface area contributed by atoms with Crippen molar-refractivity contribution in [2.24, 2.45) is 5.92 Å². The van der Waals surface area contributed by atoms with E-state index in [1.165, 1.54) is 17.4 Å². The molecule has 100 valence electrons. The fourth-order valence-corrected chi connectivity index (χ4v) is 5.32. The summed E-state index contributed by atoms with van der Waals surface area (Å²) in [5.74, 6) is -1.23. The third kappa shape index (κ3) is 2.17. The zero-order chi connectivity index (χ0) is 13.5. The van der Waals surface area contributed by atoms with Crippen molar-refractivity contribution in [1.29, 1.82) is 0 Å². The fourth-order valence-electron chi connectivity index (χ4n) is 2.21. The van der Waals surface area contributed by atoms with E-state index in [1.807, 2.05) is 6.92 Å². The number of carboxylic acid groups (broad SMARTS) is 1. The number of carboxylic acids is 1. The number of hydrogen-bond acceptors (Lipinski definition) is 4. The summed E-state index contributed by atoms with van der Waals surface area (Å²) < 4.78 is 26.1. The van der Waals surface area contributed by atoms with Gasteiger partial charge in [0, 0.05) is 11.4 Å². The third-order valence-electron chi connectivity index (χ3n) is 3.19. The van der Waals surface area contributed by atoms with E-state index >= 15 is 0 Å². The van der Waals surface area contributed by atoms with Crippen LogP contribution in [0.4, 0.5) is 0 Å². The molecule has 2 atom stereocenters. The Morgan fingerprint density at radius 3 is 2.67 bits per heavy atom. The normalized spacial score (nSPS) is 25.4. The first-order chi connectivity index (χ1) is 8.34. The van der Waals surface area contributed by atoms with Gasteiger partial charge in [0.25, 0.3) is 10.0 Å². The van der Waals surface area contributed by atoms with Crippen molar-refractivity contribution in [2.75, 3.05) is 6.54 Å². The van der Waals surface area contributed by atoms with Crippen LogP contribution in [0.15, 0.2) is 16.3 Å². The molecule has 0 aromatic carbocycles. The van der Waals surface area contributed by atoms with Crippen LogP contribution in [-0.4, -0.2) is 36.4 Å². The molecule has 1 N–H and O–H groups in total. The van der Waals surface area contributed by atoms with E-state index in [4.69, 9.17) is 5.11 Å². The molecule has 1 aromatic heterocycles. The molecule has 0 spiro atoms. The van der Waals surface area contributed by atoms with Gasteiger partial charge >= 0.3 is 5.97 Å². The van der Waals surface area contributed by atoms with Crippen molar-refractivity contribution in [2.45, 2.75) is 30.5 Å². The zero-order valence-electron chi connectivity index (χ0n) is 10.2. The first-order valence-electron chi connectivity index (χ1n) is 5.65. The molecule has 0 saturated carbocycles. The lowest BCUT2D eigenvalue weighted by molar-refractivity contribution is -0.141. The minimum absolute atomic E-state index is 0.154. The molecule has 1 fully saturated rings. The van der Waals surface area contributed by atoms with Crippen LogP contribution >= 0.6 is 11.3 Å². The highest BCUT2D eigenvalue weighted by molar-refractivity contribution is 7.91. The van der Waals surface area contributed by atoms with Gasteiger partial charge in [-0.3, -0.25) is 4.79 Å². The van der Waals surface area contributed by atoms with Crippen LogP contribution in [0, 0.1) is 12.8 Å². The Morgan fingerprint density at radius 2 is 2.17 bits per heavy atom. The number of sulfonamides is 1. The zero-order valence-corrected chi connectivity index (χ0v) is 11.8. The maximum atomic E-state index is 12.4. The van der Waals surface area contributed by atoms with Gasteiger partial charge in [0.2, 0.25) is 0 Å². The molecule has 2 rings (SSSR count). The van der Waals surface area contributed by atoms with Crippen LogP contribution in [-0.2, 0) is 14.8 Å². The topological polar surface area (TPSA) is 74.7 Å².